The summed E-state index contributed by atoms with van der Waals surface area (Å²) in [5, 5.41) is 16.6. The molecule has 4 rings (SSSR count). The van der Waals surface area contributed by atoms with E-state index >= 15 is 0 Å². The van der Waals surface area contributed by atoms with Crippen LogP contribution < -0.4 is 5.32 Å². The van der Waals surface area contributed by atoms with Crippen molar-refractivity contribution in [1.82, 2.24) is 4.98 Å². The second kappa shape index (κ2) is 10.3. The van der Waals surface area contributed by atoms with E-state index in [0.29, 0.717) is 23.2 Å². The summed E-state index contributed by atoms with van der Waals surface area (Å²) in [4.78, 5) is 20.6. The predicted octanol–water partition coefficient (Wildman–Crippen LogP) is 5.03. The minimum Gasteiger partial charge on any atom is -0.391 e. The van der Waals surface area contributed by atoms with Crippen molar-refractivity contribution < 1.29 is 9.63 Å². The largest absolute Gasteiger partial charge is 0.391 e. The topological polar surface area (TPSA) is 87.4 Å². The van der Waals surface area contributed by atoms with Crippen LogP contribution in [0.15, 0.2) is 84.3 Å². The van der Waals surface area contributed by atoms with Gasteiger partial charge in [-0.1, -0.05) is 59.2 Å². The number of benzene rings is 2. The Morgan fingerprint density at radius 2 is 1.84 bits per heavy atom. The number of halogens is 2. The molecule has 2 heterocycles. The Hall–Kier alpha value is -3.40. The van der Waals surface area contributed by atoms with Crippen LogP contribution in [0.2, 0.25) is 0 Å². The zero-order chi connectivity index (χ0) is 21.7. The number of amides is 1. The number of hydrogen-bond acceptors (Lipinski definition) is 5. The molecular formula is C24H20Cl2N4O2. The van der Waals surface area contributed by atoms with Crippen molar-refractivity contribution in [2.45, 2.75) is 23.8 Å². The van der Waals surface area contributed by atoms with Gasteiger partial charge in [-0.05, 0) is 35.4 Å². The number of anilines is 1. The van der Waals surface area contributed by atoms with Gasteiger partial charge in [0.15, 0.2) is 4.87 Å². The Labute approximate surface area is 197 Å². The molecule has 0 fully saturated rings. The molecule has 1 aliphatic rings. The van der Waals surface area contributed by atoms with Crippen LogP contribution in [-0.2, 0) is 14.5 Å². The van der Waals surface area contributed by atoms with Crippen LogP contribution in [-0.4, -0.2) is 22.7 Å². The fourth-order valence-electron chi connectivity index (χ4n) is 3.41. The van der Waals surface area contributed by atoms with Crippen molar-refractivity contribution in [3.8, 4) is 6.07 Å². The van der Waals surface area contributed by atoms with E-state index in [4.69, 9.17) is 16.4 Å². The maximum atomic E-state index is 12.4. The molecule has 0 aliphatic carbocycles. The normalized spacial score (nSPS) is 16.5. The summed E-state index contributed by atoms with van der Waals surface area (Å²) in [6.45, 7) is 0. The Morgan fingerprint density at radius 1 is 1.12 bits per heavy atom. The number of hydrogen-bond donors (Lipinski definition) is 1. The lowest BCUT2D eigenvalue weighted by Gasteiger charge is -2.20. The van der Waals surface area contributed by atoms with Gasteiger partial charge >= 0.3 is 0 Å². The fraction of sp³-hybridized carbons (Fsp3) is 0.167. The third-order valence-corrected chi connectivity index (χ3v) is 5.55. The number of aromatic nitrogens is 1. The number of nitriles is 1. The number of alkyl halides is 1. The molecule has 1 N–H and O–H groups in total. The summed E-state index contributed by atoms with van der Waals surface area (Å²) in [7, 11) is 0. The lowest BCUT2D eigenvalue weighted by molar-refractivity contribution is -0.118. The first-order chi connectivity index (χ1) is 15.1. The predicted molar refractivity (Wildman–Crippen MR) is 126 cm³/mol. The third-order valence-electron chi connectivity index (χ3n) is 5.03. The highest BCUT2D eigenvalue weighted by atomic mass is 35.5. The number of carbonyl (C=O) groups is 1. The van der Waals surface area contributed by atoms with Crippen LogP contribution in [0.5, 0.6) is 0 Å². The second-order valence-corrected chi connectivity index (χ2v) is 7.74. The van der Waals surface area contributed by atoms with Crippen LogP contribution in [0.4, 0.5) is 5.69 Å². The van der Waals surface area contributed by atoms with Gasteiger partial charge in [-0.3, -0.25) is 9.78 Å². The summed E-state index contributed by atoms with van der Waals surface area (Å²) in [5.74, 6) is -0.180. The molecule has 8 heteroatoms. The number of pyridine rings is 1. The maximum absolute atomic E-state index is 12.4. The molecule has 0 spiro atoms. The van der Waals surface area contributed by atoms with Crippen molar-refractivity contribution in [2.24, 2.45) is 5.16 Å². The lowest BCUT2D eigenvalue weighted by Crippen LogP contribution is -2.21. The Kier molecular flexibility index (Phi) is 7.47. The lowest BCUT2D eigenvalue weighted by atomic mass is 9.91. The molecule has 1 amide bonds. The van der Waals surface area contributed by atoms with Crippen LogP contribution in [0.3, 0.4) is 0 Å². The zero-order valence-electron chi connectivity index (χ0n) is 16.9. The summed E-state index contributed by atoms with van der Waals surface area (Å²) in [6.07, 6.45) is 3.82. The number of rotatable bonds is 6. The van der Waals surface area contributed by atoms with E-state index in [1.165, 1.54) is 0 Å². The van der Waals surface area contributed by atoms with Crippen molar-refractivity contribution in [2.75, 3.05) is 5.32 Å². The van der Waals surface area contributed by atoms with Gasteiger partial charge in [0, 0.05) is 30.1 Å². The number of nitrogens with zero attached hydrogens (tertiary/aromatic N) is 3. The number of nitrogens with one attached hydrogen (secondary N) is 1. The molecular weight excluding hydrogens is 447 g/mol. The zero-order valence-corrected chi connectivity index (χ0v) is 18.5. The van der Waals surface area contributed by atoms with E-state index in [9.17, 15) is 10.1 Å². The molecule has 2 unspecified atom stereocenters. The van der Waals surface area contributed by atoms with Gasteiger partial charge in [0.2, 0.25) is 5.91 Å². The molecule has 0 saturated heterocycles. The minimum atomic E-state index is -1.29. The van der Waals surface area contributed by atoms with Gasteiger partial charge in [-0.25, -0.2) is 0 Å². The highest BCUT2D eigenvalue weighted by Gasteiger charge is 2.32. The van der Waals surface area contributed by atoms with E-state index in [0.717, 1.165) is 11.3 Å². The van der Waals surface area contributed by atoms with Gasteiger partial charge in [-0.15, -0.1) is 12.4 Å². The Balaban J connectivity index is 0.00000289. The molecule has 0 radical (unpaired) electrons. The Bertz CT molecular complexity index is 1130. The second-order valence-electron chi connectivity index (χ2n) is 7.18. The Morgan fingerprint density at radius 3 is 2.50 bits per heavy atom. The van der Waals surface area contributed by atoms with Crippen LogP contribution in [0.1, 0.15) is 29.5 Å². The van der Waals surface area contributed by atoms with Gasteiger partial charge in [0.1, 0.15) is 6.10 Å². The average molecular weight is 467 g/mol. The first-order valence-corrected chi connectivity index (χ1v) is 10.2. The van der Waals surface area contributed by atoms with E-state index in [1.54, 1.807) is 36.7 Å². The molecule has 32 heavy (non-hydrogen) atoms. The van der Waals surface area contributed by atoms with Crippen molar-refractivity contribution in [1.29, 1.82) is 5.26 Å². The van der Waals surface area contributed by atoms with Crippen molar-refractivity contribution in [3.63, 3.8) is 0 Å². The highest BCUT2D eigenvalue weighted by Crippen LogP contribution is 2.36. The quantitative estimate of drug-likeness (QED) is 0.515. The maximum Gasteiger partial charge on any atom is 0.228 e. The number of carbonyl (C=O) groups excluding carboxylic acids is 1. The first-order valence-electron chi connectivity index (χ1n) is 9.77. The van der Waals surface area contributed by atoms with Crippen LogP contribution >= 0.6 is 24.0 Å². The van der Waals surface area contributed by atoms with Crippen LogP contribution in [0.25, 0.3) is 0 Å². The standard InChI is InChI=1S/C24H19ClN4O2.ClH/c25-24(16-26,18-6-2-1-3-7-18)19-8-10-20(11-9-19)28-23(30)14-21-13-22(29-31-21)17-5-4-12-27-15-17;/h1-12,15,21H,13-14H2,(H,28,30);1H. The molecule has 0 bridgehead atoms. The van der Waals surface area contributed by atoms with E-state index in [-0.39, 0.29) is 30.8 Å². The molecule has 2 aromatic carbocycles. The fourth-order valence-corrected chi connectivity index (χ4v) is 3.66. The molecule has 2 atom stereocenters. The third kappa shape index (κ3) is 5.08. The molecule has 1 aliphatic heterocycles. The average Bonchev–Trinajstić information content (AvgIpc) is 3.28. The van der Waals surface area contributed by atoms with Crippen LogP contribution in [0, 0.1) is 11.3 Å². The van der Waals surface area contributed by atoms with Crippen molar-refractivity contribution in [3.05, 3.63) is 95.8 Å². The van der Waals surface area contributed by atoms with Crippen molar-refractivity contribution >= 4 is 41.3 Å². The highest BCUT2D eigenvalue weighted by molar-refractivity contribution is 6.28. The van der Waals surface area contributed by atoms with Gasteiger partial charge in [0.25, 0.3) is 0 Å². The summed E-state index contributed by atoms with van der Waals surface area (Å²) >= 11 is 6.63. The molecule has 0 saturated carbocycles. The van der Waals surface area contributed by atoms with Gasteiger partial charge in [0.05, 0.1) is 18.2 Å². The van der Waals surface area contributed by atoms with Gasteiger partial charge < -0.3 is 10.2 Å². The summed E-state index contributed by atoms with van der Waals surface area (Å²) in [5.41, 5.74) is 3.62. The molecule has 3 aromatic rings. The first kappa shape index (κ1) is 23.3. The summed E-state index contributed by atoms with van der Waals surface area (Å²) in [6, 6.07) is 22.1. The monoisotopic (exact) mass is 466 g/mol. The smallest absolute Gasteiger partial charge is 0.228 e. The van der Waals surface area contributed by atoms with E-state index < -0.39 is 4.87 Å². The molecule has 162 valence electrons. The van der Waals surface area contributed by atoms with Gasteiger partial charge in [-0.2, -0.15) is 5.26 Å². The SMILES string of the molecule is Cl.N#CC(Cl)(c1ccccc1)c1ccc(NC(=O)CC2CC(c3cccnc3)=NO2)cc1. The minimum absolute atomic E-state index is 0. The number of oxime groups is 1. The molecule has 6 nitrogen and oxygen atoms in total. The van der Waals surface area contributed by atoms with E-state index in [1.807, 2.05) is 42.5 Å². The summed E-state index contributed by atoms with van der Waals surface area (Å²) < 4.78 is 0. The van der Waals surface area contributed by atoms with E-state index in [2.05, 4.69) is 21.5 Å². The molecule has 1 aromatic heterocycles.